The van der Waals surface area contributed by atoms with E-state index in [4.69, 9.17) is 4.98 Å². The Labute approximate surface area is 213 Å². The van der Waals surface area contributed by atoms with E-state index in [1.165, 1.54) is 0 Å². The van der Waals surface area contributed by atoms with Crippen LogP contribution >= 0.6 is 0 Å². The molecule has 0 bridgehead atoms. The van der Waals surface area contributed by atoms with Crippen LogP contribution in [0.4, 0.5) is 17.5 Å². The van der Waals surface area contributed by atoms with Gasteiger partial charge in [-0.3, -0.25) is 13.9 Å². The molecule has 1 aliphatic rings. The van der Waals surface area contributed by atoms with Gasteiger partial charge in [-0.05, 0) is 30.3 Å². The third-order valence-electron chi connectivity index (χ3n) is 6.54. The van der Waals surface area contributed by atoms with E-state index in [0.717, 1.165) is 60.0 Å². The molecule has 0 spiro atoms. The zero-order valence-electron chi connectivity index (χ0n) is 20.6. The molecule has 1 amide bonds. The van der Waals surface area contributed by atoms with Crippen molar-refractivity contribution in [2.24, 2.45) is 7.05 Å². The first-order chi connectivity index (χ1) is 18.0. The molecule has 37 heavy (non-hydrogen) atoms. The van der Waals surface area contributed by atoms with Gasteiger partial charge in [0.05, 0.1) is 35.7 Å². The van der Waals surface area contributed by atoms with Gasteiger partial charge < -0.3 is 15.1 Å². The van der Waals surface area contributed by atoms with Crippen LogP contribution in [0.2, 0.25) is 0 Å². The van der Waals surface area contributed by atoms with Crippen molar-refractivity contribution >= 4 is 29.0 Å². The first-order valence-electron chi connectivity index (χ1n) is 12.1. The SMILES string of the molecule is CC(=O)N1CCN(c2ccc(Nc3nccc(-c4cnc5ccc(-c6cnn(C)c6)cn45)n3)nc2)CC1. The summed E-state index contributed by atoms with van der Waals surface area (Å²) < 4.78 is 3.80. The number of fused-ring (bicyclic) bond motifs is 1. The smallest absolute Gasteiger partial charge is 0.228 e. The maximum Gasteiger partial charge on any atom is 0.228 e. The van der Waals surface area contributed by atoms with Crippen LogP contribution in [-0.4, -0.2) is 71.1 Å². The average Bonchev–Trinajstić information content (AvgIpc) is 3.55. The maximum absolute atomic E-state index is 11.6. The fourth-order valence-electron chi connectivity index (χ4n) is 4.51. The first kappa shape index (κ1) is 22.7. The summed E-state index contributed by atoms with van der Waals surface area (Å²) in [5, 5.41) is 7.48. The van der Waals surface area contributed by atoms with Crippen molar-refractivity contribution < 1.29 is 4.79 Å². The highest BCUT2D eigenvalue weighted by molar-refractivity contribution is 5.73. The molecule has 5 aromatic rings. The third kappa shape index (κ3) is 4.58. The number of aromatic nitrogens is 7. The topological polar surface area (TPSA) is 109 Å². The van der Waals surface area contributed by atoms with E-state index in [1.807, 2.05) is 77.7 Å². The summed E-state index contributed by atoms with van der Waals surface area (Å²) in [6.45, 7) is 4.65. The summed E-state index contributed by atoms with van der Waals surface area (Å²) in [5.41, 5.74) is 5.53. The van der Waals surface area contributed by atoms with Gasteiger partial charge in [0, 0.05) is 69.9 Å². The fourth-order valence-corrected chi connectivity index (χ4v) is 4.51. The summed E-state index contributed by atoms with van der Waals surface area (Å²) >= 11 is 0. The van der Waals surface area contributed by atoms with Gasteiger partial charge in [-0.2, -0.15) is 5.10 Å². The summed E-state index contributed by atoms with van der Waals surface area (Å²) in [4.78, 5) is 33.9. The number of nitrogens with one attached hydrogen (secondary N) is 1. The van der Waals surface area contributed by atoms with E-state index >= 15 is 0 Å². The molecule has 1 N–H and O–H groups in total. The highest BCUT2D eigenvalue weighted by Gasteiger charge is 2.19. The van der Waals surface area contributed by atoms with Crippen molar-refractivity contribution in [3.8, 4) is 22.5 Å². The Kier molecular flexibility index (Phi) is 5.72. The van der Waals surface area contributed by atoms with Gasteiger partial charge in [-0.25, -0.2) is 19.9 Å². The fraction of sp³-hybridized carbons (Fsp3) is 0.231. The third-order valence-corrected chi connectivity index (χ3v) is 6.54. The lowest BCUT2D eigenvalue weighted by molar-refractivity contribution is -0.129. The van der Waals surface area contributed by atoms with Crippen LogP contribution in [0, 0.1) is 0 Å². The van der Waals surface area contributed by atoms with E-state index in [2.05, 4.69) is 30.3 Å². The molecule has 0 aromatic carbocycles. The molecule has 1 aliphatic heterocycles. The molecule has 0 unspecified atom stereocenters. The number of hydrogen-bond donors (Lipinski definition) is 1. The lowest BCUT2D eigenvalue weighted by Gasteiger charge is -2.35. The molecule has 6 heterocycles. The average molecular weight is 495 g/mol. The molecule has 11 heteroatoms. The van der Waals surface area contributed by atoms with Gasteiger partial charge in [0.2, 0.25) is 11.9 Å². The number of nitrogens with zero attached hydrogens (tertiary/aromatic N) is 9. The van der Waals surface area contributed by atoms with E-state index in [9.17, 15) is 4.79 Å². The Hall–Kier alpha value is -4.80. The minimum Gasteiger partial charge on any atom is -0.367 e. The highest BCUT2D eigenvalue weighted by atomic mass is 16.2. The van der Waals surface area contributed by atoms with Crippen molar-refractivity contribution in [1.82, 2.24) is 39.0 Å². The van der Waals surface area contributed by atoms with Crippen molar-refractivity contribution in [3.63, 3.8) is 0 Å². The molecular formula is C26H26N10O. The molecule has 0 saturated carbocycles. The van der Waals surface area contributed by atoms with Crippen molar-refractivity contribution in [2.45, 2.75) is 6.92 Å². The second kappa shape index (κ2) is 9.34. The van der Waals surface area contributed by atoms with Gasteiger partial charge in [-0.15, -0.1) is 0 Å². The molecule has 11 nitrogen and oxygen atoms in total. The van der Waals surface area contributed by atoms with Gasteiger partial charge >= 0.3 is 0 Å². The van der Waals surface area contributed by atoms with Crippen molar-refractivity contribution in [3.05, 3.63) is 67.5 Å². The molecule has 5 aromatic heterocycles. The quantitative estimate of drug-likeness (QED) is 0.397. The summed E-state index contributed by atoms with van der Waals surface area (Å²) in [7, 11) is 1.90. The monoisotopic (exact) mass is 494 g/mol. The van der Waals surface area contributed by atoms with E-state index < -0.39 is 0 Å². The predicted octanol–water partition coefficient (Wildman–Crippen LogP) is 3.00. The predicted molar refractivity (Wildman–Crippen MR) is 140 cm³/mol. The Morgan fingerprint density at radius 1 is 0.892 bits per heavy atom. The Bertz CT molecular complexity index is 1560. The van der Waals surface area contributed by atoms with Crippen LogP contribution in [0.3, 0.4) is 0 Å². The lowest BCUT2D eigenvalue weighted by Crippen LogP contribution is -2.48. The Morgan fingerprint density at radius 3 is 2.49 bits per heavy atom. The molecule has 186 valence electrons. The number of hydrogen-bond acceptors (Lipinski definition) is 8. The molecule has 0 aliphatic carbocycles. The van der Waals surface area contributed by atoms with Crippen LogP contribution in [0.1, 0.15) is 6.92 Å². The number of carbonyl (C=O) groups is 1. The minimum absolute atomic E-state index is 0.123. The van der Waals surface area contributed by atoms with Gasteiger partial charge in [0.1, 0.15) is 11.5 Å². The van der Waals surface area contributed by atoms with Crippen LogP contribution in [-0.2, 0) is 11.8 Å². The van der Waals surface area contributed by atoms with Crippen molar-refractivity contribution in [2.75, 3.05) is 36.4 Å². The largest absolute Gasteiger partial charge is 0.367 e. The second-order valence-corrected chi connectivity index (χ2v) is 8.98. The van der Waals surface area contributed by atoms with Crippen LogP contribution in [0.15, 0.2) is 67.5 Å². The van der Waals surface area contributed by atoms with Crippen molar-refractivity contribution in [1.29, 1.82) is 0 Å². The molecular weight excluding hydrogens is 468 g/mol. The van der Waals surface area contributed by atoms with E-state index in [0.29, 0.717) is 11.8 Å². The summed E-state index contributed by atoms with van der Waals surface area (Å²) in [5.74, 6) is 1.23. The standard InChI is InChI=1S/C26H26N10O/c1-18(37)34-9-11-35(12-10-34)21-4-5-24(28-14-21)32-26-27-8-7-22(31-26)23-15-29-25-6-3-19(17-36(23)25)20-13-30-33(2)16-20/h3-8,13-17H,9-12H2,1-2H3,(H,27,28,31,32). The second-order valence-electron chi connectivity index (χ2n) is 8.98. The number of pyridine rings is 2. The molecule has 1 fully saturated rings. The van der Waals surface area contributed by atoms with Gasteiger partial charge in [0.25, 0.3) is 0 Å². The Morgan fingerprint density at radius 2 is 1.76 bits per heavy atom. The maximum atomic E-state index is 11.6. The molecule has 1 saturated heterocycles. The van der Waals surface area contributed by atoms with Gasteiger partial charge in [0.15, 0.2) is 0 Å². The number of piperazine rings is 1. The number of carbonyl (C=O) groups excluding carboxylic acids is 1. The van der Waals surface area contributed by atoms with Crippen LogP contribution < -0.4 is 10.2 Å². The van der Waals surface area contributed by atoms with E-state index in [-0.39, 0.29) is 5.91 Å². The number of amides is 1. The number of anilines is 3. The lowest BCUT2D eigenvalue weighted by atomic mass is 10.1. The summed E-state index contributed by atoms with van der Waals surface area (Å²) in [6.07, 6.45) is 11.2. The number of aryl methyl sites for hydroxylation is 1. The molecule has 0 radical (unpaired) electrons. The zero-order chi connectivity index (χ0) is 25.4. The minimum atomic E-state index is 0.123. The van der Waals surface area contributed by atoms with Crippen LogP contribution in [0.25, 0.3) is 28.2 Å². The zero-order valence-corrected chi connectivity index (χ0v) is 20.6. The first-order valence-corrected chi connectivity index (χ1v) is 12.1. The molecule has 6 rings (SSSR count). The summed E-state index contributed by atoms with van der Waals surface area (Å²) in [6, 6.07) is 9.82. The number of imidazole rings is 1. The highest BCUT2D eigenvalue weighted by Crippen LogP contribution is 2.25. The Balaban J connectivity index is 1.20. The van der Waals surface area contributed by atoms with Gasteiger partial charge in [-0.1, -0.05) is 0 Å². The van der Waals surface area contributed by atoms with Crippen LogP contribution in [0.5, 0.6) is 0 Å². The van der Waals surface area contributed by atoms with E-state index in [1.54, 1.807) is 17.8 Å². The number of rotatable bonds is 5. The molecule has 0 atom stereocenters. The normalized spacial score (nSPS) is 13.8.